The fraction of sp³-hybridized carbons (Fsp3) is 0.133. The molecule has 0 spiro atoms. The van der Waals surface area contributed by atoms with Crippen LogP contribution in [0.25, 0.3) is 10.8 Å². The quantitative estimate of drug-likeness (QED) is 0.494. The van der Waals surface area contributed by atoms with Gasteiger partial charge in [0.05, 0.1) is 5.56 Å². The fourth-order valence-electron chi connectivity index (χ4n) is 2.76. The summed E-state index contributed by atoms with van der Waals surface area (Å²) in [5.41, 5.74) is 6.33. The number of carbonyl (C=O) groups is 3. The highest BCUT2D eigenvalue weighted by Crippen LogP contribution is 2.32. The van der Waals surface area contributed by atoms with Crippen molar-refractivity contribution < 1.29 is 14.4 Å². The largest absolute Gasteiger partial charge is 0.351 e. The van der Waals surface area contributed by atoms with E-state index in [1.807, 2.05) is 0 Å². The van der Waals surface area contributed by atoms with Crippen LogP contribution >= 0.6 is 25.6 Å². The molecule has 2 aromatic rings. The van der Waals surface area contributed by atoms with Gasteiger partial charge in [-0.3, -0.25) is 14.5 Å². The van der Waals surface area contributed by atoms with Gasteiger partial charge in [-0.05, 0) is 23.6 Å². The average Bonchev–Trinajstić information content (AvgIpc) is 2.51. The number of urea groups is 1. The minimum Gasteiger partial charge on any atom is -0.351 e. The van der Waals surface area contributed by atoms with Gasteiger partial charge in [0.25, 0.3) is 11.8 Å². The lowest BCUT2D eigenvalue weighted by Gasteiger charge is -2.28. The molecule has 3 N–H and O–H groups in total. The summed E-state index contributed by atoms with van der Waals surface area (Å²) in [5.74, 6) is -0.794. The Morgan fingerprint density at radius 2 is 1.88 bits per heavy atom. The van der Waals surface area contributed by atoms with Crippen molar-refractivity contribution in [3.63, 3.8) is 0 Å². The van der Waals surface area contributed by atoms with E-state index in [1.54, 1.807) is 24.3 Å². The molecule has 0 saturated heterocycles. The lowest BCUT2D eigenvalue weighted by molar-refractivity contribution is 0.0610. The highest BCUT2D eigenvalue weighted by atomic mass is 32.2. The van der Waals surface area contributed by atoms with Gasteiger partial charge in [0.2, 0.25) is 0 Å². The van der Waals surface area contributed by atoms with Crippen LogP contribution in [0.5, 0.6) is 0 Å². The van der Waals surface area contributed by atoms with Gasteiger partial charge < -0.3 is 11.1 Å². The van der Waals surface area contributed by atoms with Crippen molar-refractivity contribution in [2.45, 2.75) is 0 Å². The third-order valence-corrected chi connectivity index (χ3v) is 4.12. The molecular weight excluding hydrogens is 348 g/mol. The Morgan fingerprint density at radius 1 is 1.17 bits per heavy atom. The first-order valence-electron chi connectivity index (χ1n) is 7.03. The van der Waals surface area contributed by atoms with Crippen LogP contribution in [0.15, 0.2) is 30.3 Å². The molecule has 2 aromatic carbocycles. The number of primary amides is 1. The molecule has 1 heterocycles. The topological polar surface area (TPSA) is 95.7 Å². The molecule has 124 valence electrons. The van der Waals surface area contributed by atoms with Crippen LogP contribution in [0.1, 0.15) is 20.7 Å². The lowest BCUT2D eigenvalue weighted by atomic mass is 9.93. The van der Waals surface area contributed by atoms with E-state index >= 15 is 0 Å². The number of nitrogens with one attached hydrogen (secondary N) is 1. The number of nitrogens with two attached hydrogens (primary N) is 1. The summed E-state index contributed by atoms with van der Waals surface area (Å²) >= 11 is 8.00. The summed E-state index contributed by atoms with van der Waals surface area (Å²) in [4.78, 5) is 37.6. The van der Waals surface area contributed by atoms with Crippen LogP contribution in [-0.2, 0) is 0 Å². The Labute approximate surface area is 148 Å². The van der Waals surface area contributed by atoms with E-state index in [1.165, 1.54) is 9.78 Å². The molecule has 0 radical (unpaired) electrons. The predicted octanol–water partition coefficient (Wildman–Crippen LogP) is 1.92. The summed E-state index contributed by atoms with van der Waals surface area (Å²) < 4.78 is 1.29. The summed E-state index contributed by atoms with van der Waals surface area (Å²) in [7, 11) is 0. The zero-order chi connectivity index (χ0) is 17.4. The predicted molar refractivity (Wildman–Crippen MR) is 97.2 cm³/mol. The van der Waals surface area contributed by atoms with Crippen LogP contribution in [0.3, 0.4) is 0 Å². The number of carbonyl (C=O) groups excluding carboxylic acids is 3. The van der Waals surface area contributed by atoms with Gasteiger partial charge in [-0.1, -0.05) is 37.8 Å². The fourth-order valence-corrected chi connectivity index (χ4v) is 2.94. The minimum atomic E-state index is -0.727. The van der Waals surface area contributed by atoms with Crippen LogP contribution in [0, 0.1) is 0 Å². The summed E-state index contributed by atoms with van der Waals surface area (Å²) in [6, 6.07) is 7.64. The molecule has 24 heavy (non-hydrogen) atoms. The molecule has 0 unspecified atom stereocenters. The van der Waals surface area contributed by atoms with E-state index in [9.17, 15) is 14.4 Å². The average molecular weight is 362 g/mol. The molecule has 3 rings (SSSR count). The van der Waals surface area contributed by atoms with Gasteiger partial charge in [-0.2, -0.15) is 3.71 Å². The first-order chi connectivity index (χ1) is 11.4. The van der Waals surface area contributed by atoms with E-state index in [0.29, 0.717) is 34.1 Å². The molecular formula is C15H14N4O3S2. The molecule has 0 atom stereocenters. The SMILES string of the molecule is NC(=O)Nc1cc2c3c(cccc3c1)C(=O)N(CCN(S)S)C2=O. The van der Waals surface area contributed by atoms with Crippen molar-refractivity contribution in [2.75, 3.05) is 18.4 Å². The van der Waals surface area contributed by atoms with Gasteiger partial charge in [-0.25, -0.2) is 4.79 Å². The van der Waals surface area contributed by atoms with Crippen LogP contribution in [-0.4, -0.2) is 39.5 Å². The Morgan fingerprint density at radius 3 is 2.54 bits per heavy atom. The first kappa shape index (κ1) is 16.6. The van der Waals surface area contributed by atoms with Gasteiger partial charge in [0.15, 0.2) is 0 Å². The lowest BCUT2D eigenvalue weighted by Crippen LogP contribution is -2.42. The maximum Gasteiger partial charge on any atom is 0.316 e. The van der Waals surface area contributed by atoms with Crippen molar-refractivity contribution >= 4 is 59.9 Å². The number of hydrogen-bond acceptors (Lipinski definition) is 6. The molecule has 9 heteroatoms. The van der Waals surface area contributed by atoms with Crippen molar-refractivity contribution in [3.8, 4) is 0 Å². The molecule has 0 bridgehead atoms. The first-order valence-corrected chi connectivity index (χ1v) is 7.83. The van der Waals surface area contributed by atoms with E-state index in [0.717, 1.165) is 4.90 Å². The van der Waals surface area contributed by atoms with E-state index < -0.39 is 11.9 Å². The zero-order valence-corrected chi connectivity index (χ0v) is 14.2. The summed E-state index contributed by atoms with van der Waals surface area (Å²) in [6.07, 6.45) is 0. The van der Waals surface area contributed by atoms with Crippen molar-refractivity contribution in [1.29, 1.82) is 0 Å². The number of hydrogen-bond donors (Lipinski definition) is 4. The molecule has 4 amide bonds. The maximum absolute atomic E-state index is 12.8. The highest BCUT2D eigenvalue weighted by molar-refractivity contribution is 7.93. The second-order valence-corrected chi connectivity index (χ2v) is 6.56. The normalized spacial score (nSPS) is 13.7. The Hall–Kier alpha value is -2.23. The maximum atomic E-state index is 12.8. The Bertz CT molecular complexity index is 869. The van der Waals surface area contributed by atoms with Gasteiger partial charge in [0, 0.05) is 29.7 Å². The Balaban J connectivity index is 2.13. The van der Waals surface area contributed by atoms with Crippen LogP contribution < -0.4 is 11.1 Å². The molecule has 0 aliphatic carbocycles. The highest BCUT2D eigenvalue weighted by Gasteiger charge is 2.33. The van der Waals surface area contributed by atoms with E-state index in [-0.39, 0.29) is 12.5 Å². The number of imide groups is 1. The molecule has 0 fully saturated rings. The monoisotopic (exact) mass is 362 g/mol. The second-order valence-electron chi connectivity index (χ2n) is 5.27. The third kappa shape index (κ3) is 2.93. The summed E-state index contributed by atoms with van der Waals surface area (Å²) in [6.45, 7) is 0.447. The van der Waals surface area contributed by atoms with Gasteiger partial charge in [-0.15, -0.1) is 0 Å². The van der Waals surface area contributed by atoms with Crippen LogP contribution in [0.4, 0.5) is 10.5 Å². The van der Waals surface area contributed by atoms with E-state index in [2.05, 4.69) is 30.9 Å². The van der Waals surface area contributed by atoms with Crippen molar-refractivity contribution in [1.82, 2.24) is 8.61 Å². The van der Waals surface area contributed by atoms with E-state index in [4.69, 9.17) is 5.73 Å². The van der Waals surface area contributed by atoms with Crippen molar-refractivity contribution in [2.24, 2.45) is 5.73 Å². The number of rotatable bonds is 4. The van der Waals surface area contributed by atoms with Gasteiger partial charge in [0.1, 0.15) is 0 Å². The van der Waals surface area contributed by atoms with Gasteiger partial charge >= 0.3 is 6.03 Å². The molecule has 0 aromatic heterocycles. The number of anilines is 1. The smallest absolute Gasteiger partial charge is 0.316 e. The number of thiol groups is 2. The van der Waals surface area contributed by atoms with Crippen molar-refractivity contribution in [3.05, 3.63) is 41.5 Å². The number of benzene rings is 2. The third-order valence-electron chi connectivity index (χ3n) is 3.72. The molecule has 1 aliphatic rings. The van der Waals surface area contributed by atoms with Crippen LogP contribution in [0.2, 0.25) is 0 Å². The molecule has 0 saturated carbocycles. The number of amides is 4. The molecule has 1 aliphatic heterocycles. The standard InChI is InChI=1S/C15H14N4O3S2/c16-15(22)17-9-6-8-2-1-3-10-12(8)11(7-9)14(21)18(13(10)20)4-5-19(23)24/h1-3,6-7,23-24H,4-5H2,(H3,16,17,22). The minimum absolute atomic E-state index is 0.147. The molecule has 7 nitrogen and oxygen atoms in total. The second kappa shape index (κ2) is 6.34. The number of nitrogens with zero attached hydrogens (tertiary/aromatic N) is 2. The Kier molecular flexibility index (Phi) is 4.39. The zero-order valence-electron chi connectivity index (χ0n) is 12.4. The summed E-state index contributed by atoms with van der Waals surface area (Å²) in [5, 5.41) is 3.72.